The van der Waals surface area contributed by atoms with E-state index in [0.29, 0.717) is 13.2 Å². The number of nitrogens with one attached hydrogen (secondary N) is 1. The van der Waals surface area contributed by atoms with Gasteiger partial charge >= 0.3 is 0 Å². The van der Waals surface area contributed by atoms with Gasteiger partial charge in [-0.3, -0.25) is 4.79 Å². The summed E-state index contributed by atoms with van der Waals surface area (Å²) in [5, 5.41) is 3.42. The predicted molar refractivity (Wildman–Crippen MR) is 81.2 cm³/mol. The lowest BCUT2D eigenvalue weighted by molar-refractivity contribution is 0.0891. The normalized spacial score (nSPS) is 22.1. The highest BCUT2D eigenvalue weighted by Gasteiger charge is 2.33. The van der Waals surface area contributed by atoms with Crippen LogP contribution in [-0.2, 0) is 11.2 Å². The fourth-order valence-corrected chi connectivity index (χ4v) is 2.68. The zero-order chi connectivity index (χ0) is 14.4. The Hall–Kier alpha value is -1.19. The van der Waals surface area contributed by atoms with Crippen molar-refractivity contribution in [1.82, 2.24) is 5.32 Å². The average molecular weight is 275 g/mol. The number of rotatable bonds is 7. The van der Waals surface area contributed by atoms with Crippen molar-refractivity contribution in [2.75, 3.05) is 19.8 Å². The van der Waals surface area contributed by atoms with E-state index in [0.717, 1.165) is 31.4 Å². The molecular weight excluding hydrogens is 250 g/mol. The van der Waals surface area contributed by atoms with Crippen molar-refractivity contribution in [2.45, 2.75) is 39.2 Å². The van der Waals surface area contributed by atoms with Gasteiger partial charge in [-0.05, 0) is 24.9 Å². The Morgan fingerprint density at radius 1 is 1.20 bits per heavy atom. The van der Waals surface area contributed by atoms with E-state index in [9.17, 15) is 4.79 Å². The van der Waals surface area contributed by atoms with Crippen LogP contribution in [0.2, 0.25) is 0 Å². The molecule has 1 N–H and O–H groups in total. The number of carbonyl (C=O) groups is 1. The first-order chi connectivity index (χ1) is 9.76. The minimum absolute atomic E-state index is 0.0430. The molecule has 2 rings (SSSR count). The van der Waals surface area contributed by atoms with Gasteiger partial charge in [0.15, 0.2) is 5.78 Å². The van der Waals surface area contributed by atoms with E-state index in [2.05, 4.69) is 31.3 Å². The first-order valence-corrected chi connectivity index (χ1v) is 7.70. The van der Waals surface area contributed by atoms with Crippen LogP contribution in [-0.4, -0.2) is 31.6 Å². The van der Waals surface area contributed by atoms with Crippen molar-refractivity contribution in [3.63, 3.8) is 0 Å². The third-order valence-electron chi connectivity index (χ3n) is 3.85. The highest BCUT2D eigenvalue weighted by atomic mass is 16.5. The van der Waals surface area contributed by atoms with Crippen LogP contribution < -0.4 is 5.32 Å². The summed E-state index contributed by atoms with van der Waals surface area (Å²) in [5.41, 5.74) is 2.11. The zero-order valence-corrected chi connectivity index (χ0v) is 12.5. The lowest BCUT2D eigenvalue weighted by atomic mass is 9.92. The van der Waals surface area contributed by atoms with Gasteiger partial charge in [0.1, 0.15) is 0 Å². The van der Waals surface area contributed by atoms with Crippen LogP contribution in [0.5, 0.6) is 0 Å². The second-order valence-electron chi connectivity index (χ2n) is 5.52. The number of ether oxygens (including phenoxy) is 1. The van der Waals surface area contributed by atoms with E-state index >= 15 is 0 Å². The molecule has 0 amide bonds. The van der Waals surface area contributed by atoms with Crippen LogP contribution in [0.3, 0.4) is 0 Å². The Kier molecular flexibility index (Phi) is 5.74. The number of benzene rings is 1. The van der Waals surface area contributed by atoms with Crippen molar-refractivity contribution < 1.29 is 9.53 Å². The highest BCUT2D eigenvalue weighted by molar-refractivity contribution is 5.98. The van der Waals surface area contributed by atoms with E-state index in [1.807, 2.05) is 12.1 Å². The van der Waals surface area contributed by atoms with Crippen LogP contribution in [0, 0.1) is 5.92 Å². The molecule has 3 nitrogen and oxygen atoms in total. The molecule has 20 heavy (non-hydrogen) atoms. The number of aryl methyl sites for hydroxylation is 1. The number of Topliss-reactive ketones (excluding diaryl/α,β-unsaturated/α-hetero) is 1. The molecule has 0 radical (unpaired) electrons. The van der Waals surface area contributed by atoms with E-state index < -0.39 is 0 Å². The van der Waals surface area contributed by atoms with Crippen molar-refractivity contribution in [1.29, 1.82) is 0 Å². The summed E-state index contributed by atoms with van der Waals surface area (Å²) in [7, 11) is 0. The smallest absolute Gasteiger partial charge is 0.169 e. The van der Waals surface area contributed by atoms with Gasteiger partial charge in [0.2, 0.25) is 0 Å². The molecular formula is C17H25NO2. The largest absolute Gasteiger partial charge is 0.379 e. The van der Waals surface area contributed by atoms with Gasteiger partial charge in [0.25, 0.3) is 0 Å². The summed E-state index contributed by atoms with van der Waals surface area (Å²) in [6.07, 6.45) is 3.28. The van der Waals surface area contributed by atoms with Crippen LogP contribution in [0.4, 0.5) is 0 Å². The Balaban J connectivity index is 2.02. The van der Waals surface area contributed by atoms with Crippen LogP contribution >= 0.6 is 0 Å². The average Bonchev–Trinajstić information content (AvgIpc) is 2.94. The van der Waals surface area contributed by atoms with Gasteiger partial charge in [-0.1, -0.05) is 44.5 Å². The standard InChI is InChI=1S/C17H25NO2/c1-3-5-13-6-8-14(9-7-13)17(19)15-11-20-12-16(15)18-10-4-2/h6-9,15-16,18H,3-5,10-12H2,1-2H3. The molecule has 1 aromatic carbocycles. The minimum Gasteiger partial charge on any atom is -0.379 e. The summed E-state index contributed by atoms with van der Waals surface area (Å²) < 4.78 is 5.49. The molecule has 1 aliphatic heterocycles. The van der Waals surface area contributed by atoms with Crippen LogP contribution in [0.25, 0.3) is 0 Å². The van der Waals surface area contributed by atoms with E-state index in [4.69, 9.17) is 4.74 Å². The fourth-order valence-electron chi connectivity index (χ4n) is 2.68. The Bertz CT molecular complexity index is 427. The molecule has 0 aromatic heterocycles. The third-order valence-corrected chi connectivity index (χ3v) is 3.85. The second-order valence-corrected chi connectivity index (χ2v) is 5.52. The van der Waals surface area contributed by atoms with Gasteiger partial charge in [-0.2, -0.15) is 0 Å². The summed E-state index contributed by atoms with van der Waals surface area (Å²) in [4.78, 5) is 12.6. The molecule has 2 unspecified atom stereocenters. The molecule has 0 saturated carbocycles. The lowest BCUT2D eigenvalue weighted by Gasteiger charge is -2.17. The molecule has 0 aliphatic carbocycles. The SMILES string of the molecule is CCCNC1COCC1C(=O)c1ccc(CCC)cc1. The van der Waals surface area contributed by atoms with Gasteiger partial charge in [-0.25, -0.2) is 0 Å². The van der Waals surface area contributed by atoms with Crippen molar-refractivity contribution in [2.24, 2.45) is 5.92 Å². The summed E-state index contributed by atoms with van der Waals surface area (Å²) in [6, 6.07) is 8.23. The van der Waals surface area contributed by atoms with Crippen molar-refractivity contribution >= 4 is 5.78 Å². The van der Waals surface area contributed by atoms with Gasteiger partial charge < -0.3 is 10.1 Å². The first-order valence-electron chi connectivity index (χ1n) is 7.70. The summed E-state index contributed by atoms with van der Waals surface area (Å²) in [5.74, 6) is 0.165. The summed E-state index contributed by atoms with van der Waals surface area (Å²) in [6.45, 7) is 6.42. The molecule has 1 saturated heterocycles. The number of hydrogen-bond donors (Lipinski definition) is 1. The number of hydrogen-bond acceptors (Lipinski definition) is 3. The molecule has 2 atom stereocenters. The molecule has 110 valence electrons. The Labute approximate surface area is 121 Å². The topological polar surface area (TPSA) is 38.3 Å². The van der Waals surface area contributed by atoms with Crippen molar-refractivity contribution in [3.05, 3.63) is 35.4 Å². The molecule has 1 aromatic rings. The lowest BCUT2D eigenvalue weighted by Crippen LogP contribution is -2.39. The second kappa shape index (κ2) is 7.55. The van der Waals surface area contributed by atoms with Gasteiger partial charge in [0.05, 0.1) is 19.1 Å². The zero-order valence-electron chi connectivity index (χ0n) is 12.5. The third kappa shape index (κ3) is 3.68. The molecule has 1 heterocycles. The van der Waals surface area contributed by atoms with Gasteiger partial charge in [0, 0.05) is 11.6 Å². The highest BCUT2D eigenvalue weighted by Crippen LogP contribution is 2.20. The Morgan fingerprint density at radius 2 is 1.95 bits per heavy atom. The fraction of sp³-hybridized carbons (Fsp3) is 0.588. The minimum atomic E-state index is -0.0430. The van der Waals surface area contributed by atoms with E-state index in [1.165, 1.54) is 5.56 Å². The molecule has 3 heteroatoms. The monoisotopic (exact) mass is 275 g/mol. The molecule has 0 bridgehead atoms. The quantitative estimate of drug-likeness (QED) is 0.778. The maximum atomic E-state index is 12.6. The summed E-state index contributed by atoms with van der Waals surface area (Å²) >= 11 is 0. The number of ketones is 1. The van der Waals surface area contributed by atoms with Crippen molar-refractivity contribution in [3.8, 4) is 0 Å². The predicted octanol–water partition coefficient (Wildman–Crippen LogP) is 2.84. The molecule has 0 spiro atoms. The number of carbonyl (C=O) groups excluding carboxylic acids is 1. The first kappa shape index (κ1) is 15.2. The molecule has 1 aliphatic rings. The van der Waals surface area contributed by atoms with Gasteiger partial charge in [-0.15, -0.1) is 0 Å². The van der Waals surface area contributed by atoms with Crippen LogP contribution in [0.1, 0.15) is 42.6 Å². The molecule has 1 fully saturated rings. The van der Waals surface area contributed by atoms with E-state index in [1.54, 1.807) is 0 Å². The van der Waals surface area contributed by atoms with Crippen LogP contribution in [0.15, 0.2) is 24.3 Å². The maximum absolute atomic E-state index is 12.6. The maximum Gasteiger partial charge on any atom is 0.169 e. The Morgan fingerprint density at radius 3 is 2.60 bits per heavy atom. The van der Waals surface area contributed by atoms with E-state index in [-0.39, 0.29) is 17.7 Å².